The van der Waals surface area contributed by atoms with Gasteiger partial charge in [0.1, 0.15) is 0 Å². The molecular weight excluding hydrogens is 360 g/mol. The largest absolute Gasteiger partial charge is 0.335 e. The van der Waals surface area contributed by atoms with Crippen molar-refractivity contribution in [2.75, 3.05) is 26.2 Å². The monoisotopic (exact) mass is 382 g/mol. The van der Waals surface area contributed by atoms with Crippen LogP contribution in [-0.4, -0.2) is 47.8 Å². The van der Waals surface area contributed by atoms with Crippen molar-refractivity contribution in [3.05, 3.63) is 75.8 Å². The highest BCUT2D eigenvalue weighted by molar-refractivity contribution is 6.30. The van der Waals surface area contributed by atoms with Crippen molar-refractivity contribution in [3.8, 4) is 0 Å². The minimum Gasteiger partial charge on any atom is -0.335 e. The Kier molecular flexibility index (Phi) is 5.97. The van der Waals surface area contributed by atoms with Crippen LogP contribution in [0.5, 0.6) is 0 Å². The van der Waals surface area contributed by atoms with E-state index in [1.165, 1.54) is 0 Å². The van der Waals surface area contributed by atoms with Crippen molar-refractivity contribution in [2.45, 2.75) is 13.8 Å². The Morgan fingerprint density at radius 3 is 2.22 bits per heavy atom. The molecule has 4 nitrogen and oxygen atoms in total. The van der Waals surface area contributed by atoms with Crippen molar-refractivity contribution in [2.24, 2.45) is 0 Å². The van der Waals surface area contributed by atoms with Gasteiger partial charge in [0.05, 0.1) is 0 Å². The molecule has 0 atom stereocenters. The summed E-state index contributed by atoms with van der Waals surface area (Å²) < 4.78 is 0. The zero-order valence-corrected chi connectivity index (χ0v) is 16.4. The molecule has 0 N–H and O–H groups in total. The van der Waals surface area contributed by atoms with Crippen molar-refractivity contribution >= 4 is 29.5 Å². The average molecular weight is 383 g/mol. The van der Waals surface area contributed by atoms with Gasteiger partial charge in [0.15, 0.2) is 0 Å². The van der Waals surface area contributed by atoms with E-state index in [9.17, 15) is 9.59 Å². The van der Waals surface area contributed by atoms with E-state index in [0.29, 0.717) is 42.3 Å². The van der Waals surface area contributed by atoms with Crippen LogP contribution >= 0.6 is 11.6 Å². The number of nitrogens with zero attached hydrogens (tertiary/aromatic N) is 2. The zero-order valence-electron chi connectivity index (χ0n) is 15.6. The normalized spacial score (nSPS) is 15.0. The third kappa shape index (κ3) is 4.77. The summed E-state index contributed by atoms with van der Waals surface area (Å²) in [5.41, 5.74) is 3.39. The van der Waals surface area contributed by atoms with E-state index in [2.05, 4.69) is 0 Å². The van der Waals surface area contributed by atoms with Crippen LogP contribution in [0.25, 0.3) is 6.08 Å². The molecule has 0 unspecified atom stereocenters. The van der Waals surface area contributed by atoms with E-state index in [0.717, 1.165) is 11.1 Å². The van der Waals surface area contributed by atoms with E-state index in [1.807, 2.05) is 66.1 Å². The SMILES string of the molecule is C/C(=C\c1ccc(Cl)cc1)C(=O)N1CCN(C(=O)c2cccc(C)c2)CC1. The van der Waals surface area contributed by atoms with Gasteiger partial charge >= 0.3 is 0 Å². The topological polar surface area (TPSA) is 40.6 Å². The highest BCUT2D eigenvalue weighted by Crippen LogP contribution is 2.15. The first-order valence-electron chi connectivity index (χ1n) is 9.03. The van der Waals surface area contributed by atoms with Crippen LogP contribution in [0.4, 0.5) is 0 Å². The Bertz CT molecular complexity index is 866. The molecule has 0 bridgehead atoms. The maximum atomic E-state index is 12.7. The summed E-state index contributed by atoms with van der Waals surface area (Å²) >= 11 is 5.90. The molecule has 0 aliphatic carbocycles. The second kappa shape index (κ2) is 8.40. The number of carbonyl (C=O) groups is 2. The lowest BCUT2D eigenvalue weighted by molar-refractivity contribution is -0.128. The van der Waals surface area contributed by atoms with Crippen LogP contribution in [0, 0.1) is 6.92 Å². The maximum Gasteiger partial charge on any atom is 0.253 e. The lowest BCUT2D eigenvalue weighted by Gasteiger charge is -2.35. The van der Waals surface area contributed by atoms with Gasteiger partial charge in [0.2, 0.25) is 5.91 Å². The van der Waals surface area contributed by atoms with Crippen LogP contribution in [-0.2, 0) is 4.79 Å². The summed E-state index contributed by atoms with van der Waals surface area (Å²) in [5, 5.41) is 0.672. The number of halogens is 1. The fourth-order valence-corrected chi connectivity index (χ4v) is 3.32. The van der Waals surface area contributed by atoms with Gasteiger partial charge in [-0.05, 0) is 49.8 Å². The van der Waals surface area contributed by atoms with Gasteiger partial charge in [0, 0.05) is 42.3 Å². The zero-order chi connectivity index (χ0) is 19.4. The quantitative estimate of drug-likeness (QED) is 0.752. The molecular formula is C22H23ClN2O2. The number of benzene rings is 2. The Hall–Kier alpha value is -2.59. The van der Waals surface area contributed by atoms with Crippen molar-refractivity contribution < 1.29 is 9.59 Å². The molecule has 1 saturated heterocycles. The molecule has 1 fully saturated rings. The van der Waals surface area contributed by atoms with Crippen molar-refractivity contribution in [1.29, 1.82) is 0 Å². The molecule has 140 valence electrons. The standard InChI is InChI=1S/C22H23ClN2O2/c1-16-4-3-5-19(14-16)22(27)25-12-10-24(11-13-25)21(26)17(2)15-18-6-8-20(23)9-7-18/h3-9,14-15H,10-13H2,1-2H3/b17-15+. The fraction of sp³-hybridized carbons (Fsp3) is 0.273. The number of aryl methyl sites for hydroxylation is 1. The Morgan fingerprint density at radius 1 is 0.963 bits per heavy atom. The van der Waals surface area contributed by atoms with Gasteiger partial charge < -0.3 is 9.80 Å². The lowest BCUT2D eigenvalue weighted by Crippen LogP contribution is -2.50. The van der Waals surface area contributed by atoms with E-state index in [-0.39, 0.29) is 11.8 Å². The molecule has 1 aliphatic rings. The molecule has 1 aliphatic heterocycles. The van der Waals surface area contributed by atoms with Crippen LogP contribution in [0.3, 0.4) is 0 Å². The predicted octanol–water partition coefficient (Wildman–Crippen LogP) is 4.04. The molecule has 3 rings (SSSR count). The van der Waals surface area contributed by atoms with Crippen LogP contribution in [0.2, 0.25) is 5.02 Å². The highest BCUT2D eigenvalue weighted by Gasteiger charge is 2.25. The first kappa shape index (κ1) is 19.2. The van der Waals surface area contributed by atoms with E-state index >= 15 is 0 Å². The number of hydrogen-bond acceptors (Lipinski definition) is 2. The van der Waals surface area contributed by atoms with Crippen LogP contribution in [0.15, 0.2) is 54.1 Å². The van der Waals surface area contributed by atoms with Crippen LogP contribution < -0.4 is 0 Å². The molecule has 0 saturated carbocycles. The minimum absolute atomic E-state index is 0.00704. The van der Waals surface area contributed by atoms with Gasteiger partial charge in [-0.2, -0.15) is 0 Å². The molecule has 2 aromatic carbocycles. The van der Waals surface area contributed by atoms with Crippen molar-refractivity contribution in [1.82, 2.24) is 9.80 Å². The first-order chi connectivity index (χ1) is 12.9. The summed E-state index contributed by atoms with van der Waals surface area (Å²) in [6.07, 6.45) is 1.86. The van der Waals surface area contributed by atoms with E-state index < -0.39 is 0 Å². The third-order valence-electron chi connectivity index (χ3n) is 4.71. The number of piperazine rings is 1. The van der Waals surface area contributed by atoms with Gasteiger partial charge in [-0.1, -0.05) is 41.4 Å². The summed E-state index contributed by atoms with van der Waals surface area (Å²) in [7, 11) is 0. The van der Waals surface area contributed by atoms with Crippen LogP contribution in [0.1, 0.15) is 28.4 Å². The number of carbonyl (C=O) groups excluding carboxylic acids is 2. The predicted molar refractivity (Wildman–Crippen MR) is 109 cm³/mol. The van der Waals surface area contributed by atoms with Gasteiger partial charge in [-0.25, -0.2) is 0 Å². The Labute approximate surface area is 165 Å². The second-order valence-electron chi connectivity index (χ2n) is 6.83. The number of rotatable bonds is 3. The van der Waals surface area contributed by atoms with E-state index in [4.69, 9.17) is 11.6 Å². The summed E-state index contributed by atoms with van der Waals surface area (Å²) in [4.78, 5) is 28.9. The smallest absolute Gasteiger partial charge is 0.253 e. The number of amides is 2. The summed E-state index contributed by atoms with van der Waals surface area (Å²) in [6, 6.07) is 15.0. The summed E-state index contributed by atoms with van der Waals surface area (Å²) in [6.45, 7) is 5.98. The lowest BCUT2D eigenvalue weighted by atomic mass is 10.1. The molecule has 0 aromatic heterocycles. The Morgan fingerprint density at radius 2 is 1.59 bits per heavy atom. The molecule has 2 amide bonds. The molecule has 27 heavy (non-hydrogen) atoms. The number of hydrogen-bond donors (Lipinski definition) is 0. The third-order valence-corrected chi connectivity index (χ3v) is 4.96. The molecule has 2 aromatic rings. The van der Waals surface area contributed by atoms with Gasteiger partial charge in [-0.3, -0.25) is 9.59 Å². The Balaban J connectivity index is 1.60. The molecule has 1 heterocycles. The highest BCUT2D eigenvalue weighted by atomic mass is 35.5. The summed E-state index contributed by atoms with van der Waals surface area (Å²) in [5.74, 6) is 0.0341. The first-order valence-corrected chi connectivity index (χ1v) is 9.41. The maximum absolute atomic E-state index is 12.7. The fourth-order valence-electron chi connectivity index (χ4n) is 3.19. The van der Waals surface area contributed by atoms with Crippen molar-refractivity contribution in [3.63, 3.8) is 0 Å². The second-order valence-corrected chi connectivity index (χ2v) is 7.27. The van der Waals surface area contributed by atoms with Gasteiger partial charge in [0.25, 0.3) is 5.91 Å². The average Bonchev–Trinajstić information content (AvgIpc) is 2.68. The molecule has 5 heteroatoms. The van der Waals surface area contributed by atoms with Gasteiger partial charge in [-0.15, -0.1) is 0 Å². The molecule has 0 radical (unpaired) electrons. The van der Waals surface area contributed by atoms with E-state index in [1.54, 1.807) is 12.1 Å². The minimum atomic E-state index is 0.00704. The molecule has 0 spiro atoms.